The summed E-state index contributed by atoms with van der Waals surface area (Å²) in [5.74, 6) is 1.04. The molecule has 1 aromatic rings. The average Bonchev–Trinajstić information content (AvgIpc) is 3.10. The Labute approximate surface area is 128 Å². The van der Waals surface area contributed by atoms with Crippen molar-refractivity contribution in [3.63, 3.8) is 0 Å². The van der Waals surface area contributed by atoms with E-state index in [1.807, 2.05) is 0 Å². The van der Waals surface area contributed by atoms with E-state index in [1.165, 1.54) is 37.7 Å². The van der Waals surface area contributed by atoms with Gasteiger partial charge in [-0.3, -0.25) is 4.90 Å². The predicted octanol–water partition coefficient (Wildman–Crippen LogP) is 3.18. The second kappa shape index (κ2) is 6.37. The molecule has 0 spiro atoms. The molecule has 2 fully saturated rings. The van der Waals surface area contributed by atoms with Gasteiger partial charge in [0.1, 0.15) is 5.75 Å². The van der Waals surface area contributed by atoms with Crippen LogP contribution in [0.25, 0.3) is 0 Å². The monoisotopic (exact) mass is 288 g/mol. The number of hydrogen-bond donors (Lipinski definition) is 1. The minimum Gasteiger partial charge on any atom is -0.490 e. The van der Waals surface area contributed by atoms with Gasteiger partial charge in [-0.2, -0.15) is 0 Å². The van der Waals surface area contributed by atoms with Crippen LogP contribution in [0, 0.1) is 5.41 Å². The van der Waals surface area contributed by atoms with E-state index in [1.54, 1.807) is 0 Å². The van der Waals surface area contributed by atoms with Crippen LogP contribution in [0.3, 0.4) is 0 Å². The number of likely N-dealkylation sites (tertiary alicyclic amines) is 1. The van der Waals surface area contributed by atoms with E-state index in [0.29, 0.717) is 11.5 Å². The van der Waals surface area contributed by atoms with Crippen molar-refractivity contribution < 1.29 is 4.74 Å². The lowest BCUT2D eigenvalue weighted by atomic mass is 9.90. The Hall–Kier alpha value is -1.06. The summed E-state index contributed by atoms with van der Waals surface area (Å²) in [5, 5.41) is 0. The van der Waals surface area contributed by atoms with E-state index < -0.39 is 0 Å². The maximum atomic E-state index is 6.10. The lowest BCUT2D eigenvalue weighted by molar-refractivity contribution is 0.209. The maximum Gasteiger partial charge on any atom is 0.120 e. The predicted molar refractivity (Wildman–Crippen MR) is 86.4 cm³/mol. The van der Waals surface area contributed by atoms with Crippen molar-refractivity contribution in [2.45, 2.75) is 51.7 Å². The molecule has 1 unspecified atom stereocenters. The van der Waals surface area contributed by atoms with Crippen molar-refractivity contribution in [3.8, 4) is 5.75 Å². The second-order valence-corrected chi connectivity index (χ2v) is 7.15. The molecule has 1 saturated carbocycles. The van der Waals surface area contributed by atoms with Crippen LogP contribution in [0.2, 0.25) is 0 Å². The van der Waals surface area contributed by atoms with E-state index in [9.17, 15) is 0 Å². The number of rotatable bonds is 5. The number of ether oxygens (including phenoxy) is 1. The van der Waals surface area contributed by atoms with Crippen molar-refractivity contribution >= 4 is 0 Å². The van der Waals surface area contributed by atoms with E-state index in [-0.39, 0.29) is 0 Å². The van der Waals surface area contributed by atoms with Crippen LogP contribution in [0.1, 0.15) is 44.6 Å². The first-order valence-corrected chi connectivity index (χ1v) is 8.35. The first-order chi connectivity index (χ1) is 10.2. The first kappa shape index (κ1) is 14.9. The van der Waals surface area contributed by atoms with Gasteiger partial charge in [-0.25, -0.2) is 0 Å². The summed E-state index contributed by atoms with van der Waals surface area (Å²) in [4.78, 5) is 2.52. The Balaban J connectivity index is 1.58. The average molecular weight is 288 g/mol. The van der Waals surface area contributed by atoms with Gasteiger partial charge in [-0.1, -0.05) is 19.1 Å². The zero-order chi connectivity index (χ0) is 14.7. The number of benzene rings is 1. The molecular weight excluding hydrogens is 260 g/mol. The van der Waals surface area contributed by atoms with E-state index in [0.717, 1.165) is 31.9 Å². The highest BCUT2D eigenvalue weighted by Crippen LogP contribution is 2.30. The summed E-state index contributed by atoms with van der Waals surface area (Å²) in [6, 6.07) is 8.64. The molecule has 2 aliphatic rings. The molecule has 0 radical (unpaired) electrons. The molecule has 1 heterocycles. The number of nitrogens with two attached hydrogens (primary N) is 1. The van der Waals surface area contributed by atoms with Gasteiger partial charge in [0.2, 0.25) is 0 Å². The van der Waals surface area contributed by atoms with Crippen LogP contribution in [-0.2, 0) is 6.54 Å². The largest absolute Gasteiger partial charge is 0.490 e. The fourth-order valence-electron chi connectivity index (χ4n) is 3.60. The normalized spacial score (nSPS) is 27.3. The third-order valence-electron chi connectivity index (χ3n) is 5.04. The summed E-state index contributed by atoms with van der Waals surface area (Å²) >= 11 is 0. The zero-order valence-electron chi connectivity index (χ0n) is 13.2. The summed E-state index contributed by atoms with van der Waals surface area (Å²) < 4.78 is 6.10. The van der Waals surface area contributed by atoms with Crippen LogP contribution < -0.4 is 10.5 Å². The van der Waals surface area contributed by atoms with Gasteiger partial charge in [0.05, 0.1) is 6.10 Å². The highest BCUT2D eigenvalue weighted by Gasteiger charge is 2.32. The minimum absolute atomic E-state index is 0.304. The maximum absolute atomic E-state index is 6.10. The fraction of sp³-hybridized carbons (Fsp3) is 0.667. The topological polar surface area (TPSA) is 38.5 Å². The van der Waals surface area contributed by atoms with Gasteiger partial charge >= 0.3 is 0 Å². The van der Waals surface area contributed by atoms with Gasteiger partial charge in [0.15, 0.2) is 0 Å². The Morgan fingerprint density at radius 3 is 2.86 bits per heavy atom. The molecule has 3 nitrogen and oxygen atoms in total. The Kier molecular flexibility index (Phi) is 4.51. The smallest absolute Gasteiger partial charge is 0.120 e. The van der Waals surface area contributed by atoms with Crippen LogP contribution in [0.15, 0.2) is 24.3 Å². The highest BCUT2D eigenvalue weighted by atomic mass is 16.5. The van der Waals surface area contributed by atoms with Crippen LogP contribution in [-0.4, -0.2) is 30.6 Å². The highest BCUT2D eigenvalue weighted by molar-refractivity contribution is 5.29. The van der Waals surface area contributed by atoms with E-state index in [2.05, 4.69) is 36.1 Å². The molecule has 1 aliphatic carbocycles. The summed E-state index contributed by atoms with van der Waals surface area (Å²) in [7, 11) is 0. The molecular formula is C18H28N2O. The fourth-order valence-corrected chi connectivity index (χ4v) is 3.60. The summed E-state index contributed by atoms with van der Waals surface area (Å²) in [6.45, 7) is 6.36. The molecule has 1 atom stereocenters. The number of hydrogen-bond acceptors (Lipinski definition) is 3. The second-order valence-electron chi connectivity index (χ2n) is 7.15. The van der Waals surface area contributed by atoms with Crippen molar-refractivity contribution in [3.05, 3.63) is 29.8 Å². The molecule has 21 heavy (non-hydrogen) atoms. The third kappa shape index (κ3) is 3.78. The van der Waals surface area contributed by atoms with Crippen molar-refractivity contribution in [2.24, 2.45) is 11.1 Å². The Morgan fingerprint density at radius 1 is 1.33 bits per heavy atom. The molecule has 0 amide bonds. The molecule has 116 valence electrons. The third-order valence-corrected chi connectivity index (χ3v) is 5.04. The van der Waals surface area contributed by atoms with Gasteiger partial charge in [-0.05, 0) is 68.3 Å². The van der Waals surface area contributed by atoms with E-state index >= 15 is 0 Å². The summed E-state index contributed by atoms with van der Waals surface area (Å²) in [6.07, 6.45) is 6.71. The lowest BCUT2D eigenvalue weighted by Crippen LogP contribution is -2.31. The first-order valence-electron chi connectivity index (χ1n) is 8.35. The molecule has 2 N–H and O–H groups in total. The van der Waals surface area contributed by atoms with Gasteiger partial charge in [0.25, 0.3) is 0 Å². The molecule has 1 saturated heterocycles. The number of nitrogens with zero attached hydrogens (tertiary/aromatic N) is 1. The minimum atomic E-state index is 0.304. The Bertz CT molecular complexity index is 470. The van der Waals surface area contributed by atoms with Gasteiger partial charge in [0, 0.05) is 13.1 Å². The lowest BCUT2D eigenvalue weighted by Gasteiger charge is -2.22. The van der Waals surface area contributed by atoms with Crippen LogP contribution >= 0.6 is 0 Å². The SMILES string of the molecule is CC1(CN)CCN(Cc2cccc(OC3CCCC3)c2)C1. The molecule has 1 aliphatic heterocycles. The zero-order valence-corrected chi connectivity index (χ0v) is 13.2. The van der Waals surface area contributed by atoms with Crippen LogP contribution in [0.4, 0.5) is 0 Å². The van der Waals surface area contributed by atoms with Crippen molar-refractivity contribution in [1.29, 1.82) is 0 Å². The summed E-state index contributed by atoms with van der Waals surface area (Å²) in [5.41, 5.74) is 7.55. The van der Waals surface area contributed by atoms with Gasteiger partial charge < -0.3 is 10.5 Å². The van der Waals surface area contributed by atoms with E-state index in [4.69, 9.17) is 10.5 Å². The van der Waals surface area contributed by atoms with Crippen LogP contribution in [0.5, 0.6) is 5.75 Å². The van der Waals surface area contributed by atoms with Crippen molar-refractivity contribution in [1.82, 2.24) is 4.90 Å². The van der Waals surface area contributed by atoms with Gasteiger partial charge in [-0.15, -0.1) is 0 Å². The van der Waals surface area contributed by atoms with Crippen molar-refractivity contribution in [2.75, 3.05) is 19.6 Å². The molecule has 3 rings (SSSR count). The molecule has 3 heteroatoms. The standard InChI is InChI=1S/C18H28N2O/c1-18(13-19)9-10-20(14-18)12-15-5-4-8-17(11-15)21-16-6-2-3-7-16/h4-5,8,11,16H,2-3,6-7,9-10,12-14,19H2,1H3. The molecule has 0 bridgehead atoms. The Morgan fingerprint density at radius 2 is 2.14 bits per heavy atom. The quantitative estimate of drug-likeness (QED) is 0.904. The molecule has 1 aromatic carbocycles. The molecule has 0 aromatic heterocycles.